The molecular weight excluding hydrogens is 178 g/mol. The van der Waals surface area contributed by atoms with Gasteiger partial charge in [-0.05, 0) is 12.8 Å². The summed E-state index contributed by atoms with van der Waals surface area (Å²) in [6, 6.07) is 0. The summed E-state index contributed by atoms with van der Waals surface area (Å²) < 4.78 is 0. The number of aliphatic hydroxyl groups is 1. The monoisotopic (exact) mass is 199 g/mol. The Labute approximate surface area is 86.1 Å². The minimum Gasteiger partial charge on any atom is -0.392 e. The standard InChI is InChI=1S/C11H21NO2/c1-3-9-7-12(6-5-11(9)14)8-10(13)4-2/h9-10,13H,3-8H2,1-2H3. The molecule has 14 heavy (non-hydrogen) atoms. The first-order chi connectivity index (χ1) is 6.67. The lowest BCUT2D eigenvalue weighted by molar-refractivity contribution is -0.126. The van der Waals surface area contributed by atoms with E-state index < -0.39 is 0 Å². The number of hydrogen-bond donors (Lipinski definition) is 1. The Morgan fingerprint density at radius 3 is 2.86 bits per heavy atom. The highest BCUT2D eigenvalue weighted by atomic mass is 16.3. The summed E-state index contributed by atoms with van der Waals surface area (Å²) in [7, 11) is 0. The zero-order valence-electron chi connectivity index (χ0n) is 9.20. The van der Waals surface area contributed by atoms with Gasteiger partial charge in [-0.2, -0.15) is 0 Å². The van der Waals surface area contributed by atoms with Crippen molar-refractivity contribution < 1.29 is 9.90 Å². The first-order valence-corrected chi connectivity index (χ1v) is 5.60. The maximum atomic E-state index is 11.4. The molecule has 0 aromatic carbocycles. The second-order valence-corrected chi connectivity index (χ2v) is 4.14. The van der Waals surface area contributed by atoms with Gasteiger partial charge in [-0.1, -0.05) is 13.8 Å². The highest BCUT2D eigenvalue weighted by molar-refractivity contribution is 5.82. The molecular formula is C11H21NO2. The lowest BCUT2D eigenvalue weighted by Gasteiger charge is -2.32. The number of hydrogen-bond acceptors (Lipinski definition) is 3. The number of carbonyl (C=O) groups excluding carboxylic acids is 1. The summed E-state index contributed by atoms with van der Waals surface area (Å²) >= 11 is 0. The molecule has 1 aliphatic heterocycles. The Morgan fingerprint density at radius 1 is 1.57 bits per heavy atom. The van der Waals surface area contributed by atoms with Gasteiger partial charge in [0, 0.05) is 32.0 Å². The van der Waals surface area contributed by atoms with E-state index in [1.165, 1.54) is 0 Å². The fourth-order valence-corrected chi connectivity index (χ4v) is 1.93. The van der Waals surface area contributed by atoms with Gasteiger partial charge in [0.05, 0.1) is 6.10 Å². The van der Waals surface area contributed by atoms with E-state index in [1.54, 1.807) is 0 Å². The van der Waals surface area contributed by atoms with Gasteiger partial charge in [0.15, 0.2) is 0 Å². The van der Waals surface area contributed by atoms with Crippen LogP contribution in [0.2, 0.25) is 0 Å². The molecule has 0 saturated carbocycles. The number of carbonyl (C=O) groups is 1. The first-order valence-electron chi connectivity index (χ1n) is 5.60. The third-order valence-corrected chi connectivity index (χ3v) is 3.04. The number of piperidine rings is 1. The van der Waals surface area contributed by atoms with Crippen molar-refractivity contribution in [3.63, 3.8) is 0 Å². The van der Waals surface area contributed by atoms with Crippen LogP contribution in [0.5, 0.6) is 0 Å². The van der Waals surface area contributed by atoms with Gasteiger partial charge < -0.3 is 5.11 Å². The van der Waals surface area contributed by atoms with E-state index >= 15 is 0 Å². The Hall–Kier alpha value is -0.410. The van der Waals surface area contributed by atoms with E-state index in [2.05, 4.69) is 11.8 Å². The van der Waals surface area contributed by atoms with Crippen molar-refractivity contribution in [1.82, 2.24) is 4.90 Å². The number of aliphatic hydroxyl groups excluding tert-OH is 1. The SMILES string of the molecule is CCC(O)CN1CCC(=O)C(CC)C1. The van der Waals surface area contributed by atoms with Crippen LogP contribution in [0.3, 0.4) is 0 Å². The van der Waals surface area contributed by atoms with Crippen LogP contribution in [0, 0.1) is 5.92 Å². The van der Waals surface area contributed by atoms with Crippen molar-refractivity contribution in [3.8, 4) is 0 Å². The number of nitrogens with zero attached hydrogens (tertiary/aromatic N) is 1. The molecule has 82 valence electrons. The molecule has 0 radical (unpaired) electrons. The maximum Gasteiger partial charge on any atom is 0.138 e. The number of rotatable bonds is 4. The normalized spacial score (nSPS) is 26.5. The summed E-state index contributed by atoms with van der Waals surface area (Å²) in [5, 5.41) is 9.51. The van der Waals surface area contributed by atoms with E-state index in [0.29, 0.717) is 12.2 Å². The van der Waals surface area contributed by atoms with Crippen molar-refractivity contribution >= 4 is 5.78 Å². The molecule has 0 amide bonds. The minimum absolute atomic E-state index is 0.202. The maximum absolute atomic E-state index is 11.4. The van der Waals surface area contributed by atoms with Crippen LogP contribution in [0.4, 0.5) is 0 Å². The quantitative estimate of drug-likeness (QED) is 0.736. The average molecular weight is 199 g/mol. The summed E-state index contributed by atoms with van der Waals surface area (Å²) in [5.41, 5.74) is 0. The number of likely N-dealkylation sites (tertiary alicyclic amines) is 1. The second-order valence-electron chi connectivity index (χ2n) is 4.14. The van der Waals surface area contributed by atoms with Crippen LogP contribution < -0.4 is 0 Å². The highest BCUT2D eigenvalue weighted by Gasteiger charge is 2.26. The molecule has 0 aliphatic carbocycles. The first kappa shape index (κ1) is 11.7. The second kappa shape index (κ2) is 5.47. The Balaban J connectivity index is 2.38. The largest absolute Gasteiger partial charge is 0.392 e. The van der Waals surface area contributed by atoms with Crippen molar-refractivity contribution in [1.29, 1.82) is 0 Å². The third kappa shape index (κ3) is 3.07. The van der Waals surface area contributed by atoms with Crippen LogP contribution in [0.1, 0.15) is 33.1 Å². The zero-order chi connectivity index (χ0) is 10.6. The fraction of sp³-hybridized carbons (Fsp3) is 0.909. The summed E-state index contributed by atoms with van der Waals surface area (Å²) in [6.45, 7) is 6.43. The van der Waals surface area contributed by atoms with Gasteiger partial charge in [0.1, 0.15) is 5.78 Å². The molecule has 0 bridgehead atoms. The number of ketones is 1. The Morgan fingerprint density at radius 2 is 2.29 bits per heavy atom. The van der Waals surface area contributed by atoms with Gasteiger partial charge in [-0.25, -0.2) is 0 Å². The molecule has 1 heterocycles. The van der Waals surface area contributed by atoms with E-state index in [0.717, 1.165) is 32.5 Å². The predicted molar refractivity (Wildman–Crippen MR) is 56.1 cm³/mol. The van der Waals surface area contributed by atoms with Crippen molar-refractivity contribution in [3.05, 3.63) is 0 Å². The van der Waals surface area contributed by atoms with Crippen LogP contribution in [-0.2, 0) is 4.79 Å². The molecule has 2 atom stereocenters. The molecule has 2 unspecified atom stereocenters. The Kier molecular flexibility index (Phi) is 4.55. The lowest BCUT2D eigenvalue weighted by atomic mass is 9.94. The molecule has 0 aromatic rings. The molecule has 1 fully saturated rings. The molecule has 0 spiro atoms. The molecule has 3 heteroatoms. The number of β-amino-alcohol motifs (C(OH)–C–C–N with tert-alkyl or cyclic N) is 1. The van der Waals surface area contributed by atoms with Crippen LogP contribution in [-0.4, -0.2) is 41.5 Å². The topological polar surface area (TPSA) is 40.5 Å². The Bertz CT molecular complexity index is 194. The summed E-state index contributed by atoms with van der Waals surface area (Å²) in [4.78, 5) is 13.6. The average Bonchev–Trinajstić information content (AvgIpc) is 2.20. The highest BCUT2D eigenvalue weighted by Crippen LogP contribution is 2.16. The minimum atomic E-state index is -0.235. The van der Waals surface area contributed by atoms with E-state index in [9.17, 15) is 9.90 Å². The molecule has 1 aliphatic rings. The fourth-order valence-electron chi connectivity index (χ4n) is 1.93. The van der Waals surface area contributed by atoms with Crippen LogP contribution in [0.25, 0.3) is 0 Å². The van der Waals surface area contributed by atoms with Gasteiger partial charge in [0.2, 0.25) is 0 Å². The van der Waals surface area contributed by atoms with Crippen molar-refractivity contribution in [2.24, 2.45) is 5.92 Å². The van der Waals surface area contributed by atoms with E-state index in [-0.39, 0.29) is 12.0 Å². The molecule has 1 N–H and O–H groups in total. The lowest BCUT2D eigenvalue weighted by Crippen LogP contribution is -2.43. The third-order valence-electron chi connectivity index (χ3n) is 3.04. The molecule has 1 saturated heterocycles. The van der Waals surface area contributed by atoms with E-state index in [1.807, 2.05) is 6.92 Å². The van der Waals surface area contributed by atoms with Crippen molar-refractivity contribution in [2.75, 3.05) is 19.6 Å². The van der Waals surface area contributed by atoms with Crippen LogP contribution >= 0.6 is 0 Å². The molecule has 3 nitrogen and oxygen atoms in total. The predicted octanol–water partition coefficient (Wildman–Crippen LogP) is 1.06. The van der Waals surface area contributed by atoms with Gasteiger partial charge >= 0.3 is 0 Å². The van der Waals surface area contributed by atoms with Gasteiger partial charge in [-0.15, -0.1) is 0 Å². The summed E-state index contributed by atoms with van der Waals surface area (Å²) in [5.74, 6) is 0.600. The smallest absolute Gasteiger partial charge is 0.138 e. The zero-order valence-corrected chi connectivity index (χ0v) is 9.20. The summed E-state index contributed by atoms with van der Waals surface area (Å²) in [6.07, 6.45) is 2.15. The van der Waals surface area contributed by atoms with Crippen molar-refractivity contribution in [2.45, 2.75) is 39.2 Å². The van der Waals surface area contributed by atoms with E-state index in [4.69, 9.17) is 0 Å². The van der Waals surface area contributed by atoms with Gasteiger partial charge in [0.25, 0.3) is 0 Å². The number of Topliss-reactive ketones (excluding diaryl/α,β-unsaturated/α-hetero) is 1. The molecule has 0 aromatic heterocycles. The van der Waals surface area contributed by atoms with Gasteiger partial charge in [-0.3, -0.25) is 9.69 Å². The molecule has 1 rings (SSSR count). The van der Waals surface area contributed by atoms with Crippen LogP contribution in [0.15, 0.2) is 0 Å².